The minimum atomic E-state index is -0.113. The third kappa shape index (κ3) is 3.33. The second-order valence-corrected chi connectivity index (χ2v) is 5.98. The van der Waals surface area contributed by atoms with Crippen LogP contribution in [0.1, 0.15) is 5.76 Å². The highest BCUT2D eigenvalue weighted by Gasteiger charge is 2.26. The van der Waals surface area contributed by atoms with Gasteiger partial charge in [-0.15, -0.1) is 0 Å². The van der Waals surface area contributed by atoms with E-state index in [4.69, 9.17) is 4.42 Å². The van der Waals surface area contributed by atoms with Gasteiger partial charge in [0.25, 0.3) is 5.24 Å². The minimum Gasteiger partial charge on any atom is -0.467 e. The van der Waals surface area contributed by atoms with Crippen molar-refractivity contribution in [3.63, 3.8) is 0 Å². The molecule has 2 heterocycles. The van der Waals surface area contributed by atoms with Gasteiger partial charge < -0.3 is 14.2 Å². The first-order valence-corrected chi connectivity index (χ1v) is 8.02. The minimum absolute atomic E-state index is 0.0284. The van der Waals surface area contributed by atoms with Gasteiger partial charge in [0.15, 0.2) is 0 Å². The fourth-order valence-electron chi connectivity index (χ4n) is 2.31. The van der Waals surface area contributed by atoms with E-state index in [0.717, 1.165) is 11.4 Å². The number of carbonyl (C=O) groups is 2. The van der Waals surface area contributed by atoms with E-state index in [1.807, 2.05) is 36.4 Å². The summed E-state index contributed by atoms with van der Waals surface area (Å²) in [5.41, 5.74) is 0.795. The van der Waals surface area contributed by atoms with Crippen molar-refractivity contribution in [2.24, 2.45) is 0 Å². The first-order chi connectivity index (χ1) is 10.7. The van der Waals surface area contributed by atoms with Crippen LogP contribution >= 0.6 is 11.8 Å². The molecule has 1 aliphatic rings. The van der Waals surface area contributed by atoms with Crippen LogP contribution < -0.4 is 4.90 Å². The zero-order valence-corrected chi connectivity index (χ0v) is 12.8. The molecular weight excluding hydrogens is 300 g/mol. The van der Waals surface area contributed by atoms with Gasteiger partial charge in [-0.2, -0.15) is 0 Å². The van der Waals surface area contributed by atoms with Crippen LogP contribution in [0.5, 0.6) is 0 Å². The van der Waals surface area contributed by atoms with Crippen molar-refractivity contribution in [1.29, 1.82) is 0 Å². The van der Waals surface area contributed by atoms with Crippen LogP contribution in [0.15, 0.2) is 53.1 Å². The summed E-state index contributed by atoms with van der Waals surface area (Å²) in [5.74, 6) is 1.34. The van der Waals surface area contributed by atoms with E-state index in [9.17, 15) is 9.59 Å². The van der Waals surface area contributed by atoms with Gasteiger partial charge in [0.1, 0.15) is 12.3 Å². The van der Waals surface area contributed by atoms with Crippen molar-refractivity contribution in [2.75, 3.05) is 23.7 Å². The lowest BCUT2D eigenvalue weighted by atomic mass is 10.2. The number of carbonyl (C=O) groups excluding carboxylic acids is 2. The second kappa shape index (κ2) is 6.70. The Labute approximate surface area is 132 Å². The number of amides is 2. The Hall–Kier alpha value is -2.21. The van der Waals surface area contributed by atoms with Gasteiger partial charge in [-0.3, -0.25) is 9.59 Å². The molecule has 1 aromatic heterocycles. The molecule has 0 N–H and O–H groups in total. The number of anilines is 1. The van der Waals surface area contributed by atoms with Gasteiger partial charge in [0.05, 0.1) is 12.8 Å². The van der Waals surface area contributed by atoms with Gasteiger partial charge >= 0.3 is 0 Å². The van der Waals surface area contributed by atoms with Crippen LogP contribution in [0.25, 0.3) is 0 Å². The van der Waals surface area contributed by atoms with Crippen LogP contribution in [0.3, 0.4) is 0 Å². The zero-order valence-electron chi connectivity index (χ0n) is 12.0. The topological polar surface area (TPSA) is 53.8 Å². The summed E-state index contributed by atoms with van der Waals surface area (Å²) in [4.78, 5) is 27.6. The Kier molecular flexibility index (Phi) is 4.48. The number of furan rings is 1. The molecule has 1 aliphatic heterocycles. The quantitative estimate of drug-likeness (QED) is 0.851. The third-order valence-electron chi connectivity index (χ3n) is 3.43. The molecule has 114 valence electrons. The highest BCUT2D eigenvalue weighted by Crippen LogP contribution is 2.20. The van der Waals surface area contributed by atoms with Crippen molar-refractivity contribution in [3.8, 4) is 0 Å². The highest BCUT2D eigenvalue weighted by molar-refractivity contribution is 8.13. The van der Waals surface area contributed by atoms with Crippen molar-refractivity contribution in [2.45, 2.75) is 6.54 Å². The smallest absolute Gasteiger partial charge is 0.282 e. The standard InChI is InChI=1S/C16H16N2O3S/c19-15(12-17-8-10-22-16(17)20)18(11-14-7-4-9-21-14)13-5-2-1-3-6-13/h1-7,9H,8,10-12H2. The molecule has 1 saturated heterocycles. The van der Waals surface area contributed by atoms with Gasteiger partial charge in [-0.05, 0) is 24.3 Å². The summed E-state index contributed by atoms with van der Waals surface area (Å²) in [6.45, 7) is 1.07. The molecule has 0 saturated carbocycles. The van der Waals surface area contributed by atoms with Crippen LogP contribution in [-0.4, -0.2) is 34.9 Å². The molecule has 6 heteroatoms. The molecular formula is C16H16N2O3S. The number of rotatable bonds is 5. The average Bonchev–Trinajstić information content (AvgIpc) is 3.18. The first-order valence-electron chi connectivity index (χ1n) is 7.03. The molecule has 0 atom stereocenters. The molecule has 0 unspecified atom stereocenters. The van der Waals surface area contributed by atoms with Gasteiger partial charge in [0, 0.05) is 18.0 Å². The molecule has 3 rings (SSSR count). The second-order valence-electron chi connectivity index (χ2n) is 4.93. The number of hydrogen-bond donors (Lipinski definition) is 0. The summed E-state index contributed by atoms with van der Waals surface area (Å²) >= 11 is 1.26. The SMILES string of the molecule is O=C1SCCN1CC(=O)N(Cc1ccco1)c1ccccc1. The lowest BCUT2D eigenvalue weighted by molar-refractivity contribution is -0.119. The Morgan fingerprint density at radius 1 is 1.23 bits per heavy atom. The number of nitrogens with zero attached hydrogens (tertiary/aromatic N) is 2. The highest BCUT2D eigenvalue weighted by atomic mass is 32.2. The summed E-state index contributed by atoms with van der Waals surface area (Å²) in [7, 11) is 0. The maximum Gasteiger partial charge on any atom is 0.282 e. The molecule has 2 aromatic rings. The van der Waals surface area contributed by atoms with E-state index in [0.29, 0.717) is 18.8 Å². The Bertz CT molecular complexity index is 643. The number of thioether (sulfide) groups is 1. The number of para-hydroxylation sites is 1. The monoisotopic (exact) mass is 316 g/mol. The molecule has 0 spiro atoms. The van der Waals surface area contributed by atoms with E-state index < -0.39 is 0 Å². The van der Waals surface area contributed by atoms with Gasteiger partial charge in [-0.1, -0.05) is 30.0 Å². The summed E-state index contributed by atoms with van der Waals surface area (Å²) in [6, 6.07) is 13.1. The maximum absolute atomic E-state index is 12.7. The molecule has 5 nitrogen and oxygen atoms in total. The molecule has 1 aromatic carbocycles. The molecule has 1 fully saturated rings. The largest absolute Gasteiger partial charge is 0.467 e. The Morgan fingerprint density at radius 2 is 2.05 bits per heavy atom. The lowest BCUT2D eigenvalue weighted by Crippen LogP contribution is -2.40. The van der Waals surface area contributed by atoms with Crippen molar-refractivity contribution < 1.29 is 14.0 Å². The number of benzene rings is 1. The fourth-order valence-corrected chi connectivity index (χ4v) is 3.13. The molecule has 0 radical (unpaired) electrons. The Morgan fingerprint density at radius 3 is 2.68 bits per heavy atom. The van der Waals surface area contributed by atoms with E-state index in [1.165, 1.54) is 11.8 Å². The van der Waals surface area contributed by atoms with E-state index in [1.54, 1.807) is 22.1 Å². The zero-order chi connectivity index (χ0) is 15.4. The normalized spacial score (nSPS) is 14.4. The predicted octanol–water partition coefficient (Wildman–Crippen LogP) is 2.98. The lowest BCUT2D eigenvalue weighted by Gasteiger charge is -2.24. The van der Waals surface area contributed by atoms with Crippen LogP contribution in [0.2, 0.25) is 0 Å². The van der Waals surface area contributed by atoms with Crippen LogP contribution in [0, 0.1) is 0 Å². The van der Waals surface area contributed by atoms with Crippen molar-refractivity contribution in [1.82, 2.24) is 4.90 Å². The summed E-state index contributed by atoms with van der Waals surface area (Å²) < 4.78 is 5.35. The van der Waals surface area contributed by atoms with Gasteiger partial charge in [0.2, 0.25) is 5.91 Å². The van der Waals surface area contributed by atoms with E-state index in [-0.39, 0.29) is 17.7 Å². The average molecular weight is 316 g/mol. The first kappa shape index (κ1) is 14.7. The van der Waals surface area contributed by atoms with Crippen molar-refractivity contribution >= 4 is 28.6 Å². The fraction of sp³-hybridized carbons (Fsp3) is 0.250. The third-order valence-corrected chi connectivity index (χ3v) is 4.33. The predicted molar refractivity (Wildman–Crippen MR) is 85.8 cm³/mol. The molecule has 0 aliphatic carbocycles. The van der Waals surface area contributed by atoms with Crippen LogP contribution in [-0.2, 0) is 11.3 Å². The summed E-state index contributed by atoms with van der Waals surface area (Å²) in [5, 5.41) is -0.0284. The van der Waals surface area contributed by atoms with Crippen LogP contribution in [0.4, 0.5) is 10.5 Å². The van der Waals surface area contributed by atoms with E-state index in [2.05, 4.69) is 0 Å². The molecule has 0 bridgehead atoms. The number of hydrogen-bond acceptors (Lipinski definition) is 4. The molecule has 22 heavy (non-hydrogen) atoms. The van der Waals surface area contributed by atoms with Crippen molar-refractivity contribution in [3.05, 3.63) is 54.5 Å². The maximum atomic E-state index is 12.7. The van der Waals surface area contributed by atoms with E-state index >= 15 is 0 Å². The summed E-state index contributed by atoms with van der Waals surface area (Å²) in [6.07, 6.45) is 1.59. The molecule has 2 amide bonds. The van der Waals surface area contributed by atoms with Gasteiger partial charge in [-0.25, -0.2) is 0 Å². The Balaban J connectivity index is 1.78.